The third-order valence-corrected chi connectivity index (χ3v) is 4.27. The van der Waals surface area contributed by atoms with Gasteiger partial charge in [-0.3, -0.25) is 9.59 Å². The van der Waals surface area contributed by atoms with Gasteiger partial charge in [0.05, 0.1) is 0 Å². The van der Waals surface area contributed by atoms with Gasteiger partial charge in [0.25, 0.3) is 0 Å². The molecule has 2 rings (SSSR count). The van der Waals surface area contributed by atoms with Crippen molar-refractivity contribution in [3.63, 3.8) is 0 Å². The molecule has 0 aromatic carbocycles. The maximum Gasteiger partial charge on any atom is 0.303 e. The highest BCUT2D eigenvalue weighted by Crippen LogP contribution is 2.52. The van der Waals surface area contributed by atoms with Crippen molar-refractivity contribution in [3.05, 3.63) is 0 Å². The van der Waals surface area contributed by atoms with Gasteiger partial charge in [-0.1, -0.05) is 6.42 Å². The van der Waals surface area contributed by atoms with Crippen LogP contribution in [0.1, 0.15) is 38.5 Å². The lowest BCUT2D eigenvalue weighted by molar-refractivity contribution is -0.141. The Bertz CT molecular complexity index is 283. The van der Waals surface area contributed by atoms with Crippen molar-refractivity contribution in [3.8, 4) is 0 Å². The van der Waals surface area contributed by atoms with Gasteiger partial charge in [0.1, 0.15) is 0 Å². The van der Waals surface area contributed by atoms with Crippen molar-refractivity contribution in [1.82, 2.24) is 0 Å². The first-order chi connectivity index (χ1) is 7.56. The molecule has 0 aromatic rings. The Morgan fingerprint density at radius 2 is 1.69 bits per heavy atom. The highest BCUT2D eigenvalue weighted by atomic mass is 16.4. The Kier molecular flexibility index (Phi) is 3.17. The summed E-state index contributed by atoms with van der Waals surface area (Å²) in [6.45, 7) is 0. The molecule has 0 amide bonds. The summed E-state index contributed by atoms with van der Waals surface area (Å²) in [7, 11) is 0. The van der Waals surface area contributed by atoms with E-state index in [9.17, 15) is 9.59 Å². The van der Waals surface area contributed by atoms with Crippen LogP contribution in [0.4, 0.5) is 0 Å². The molecule has 2 bridgehead atoms. The topological polar surface area (TPSA) is 74.6 Å². The van der Waals surface area contributed by atoms with E-state index in [0.717, 1.165) is 12.3 Å². The average Bonchev–Trinajstić information content (AvgIpc) is 2.75. The lowest BCUT2D eigenvalue weighted by Crippen LogP contribution is -2.25. The van der Waals surface area contributed by atoms with E-state index in [2.05, 4.69) is 0 Å². The molecule has 0 aliphatic heterocycles. The molecule has 90 valence electrons. The predicted molar refractivity (Wildman–Crippen MR) is 56.9 cm³/mol. The summed E-state index contributed by atoms with van der Waals surface area (Å²) in [5, 5.41) is 17.7. The van der Waals surface area contributed by atoms with Crippen LogP contribution in [-0.2, 0) is 9.59 Å². The van der Waals surface area contributed by atoms with Gasteiger partial charge in [-0.25, -0.2) is 0 Å². The number of carboxylic acid groups (broad SMARTS) is 2. The van der Waals surface area contributed by atoms with Crippen LogP contribution < -0.4 is 0 Å². The predicted octanol–water partition coefficient (Wildman–Crippen LogP) is 1.99. The van der Waals surface area contributed by atoms with Crippen molar-refractivity contribution in [1.29, 1.82) is 0 Å². The number of fused-ring (bicyclic) bond motifs is 2. The average molecular weight is 226 g/mol. The Labute approximate surface area is 94.7 Å². The number of rotatable bonds is 5. The lowest BCUT2D eigenvalue weighted by Gasteiger charge is -2.28. The second-order valence-electron chi connectivity index (χ2n) is 5.29. The van der Waals surface area contributed by atoms with Gasteiger partial charge in [-0.05, 0) is 42.9 Å². The molecule has 4 heteroatoms. The molecule has 2 saturated carbocycles. The third kappa shape index (κ3) is 2.36. The second-order valence-corrected chi connectivity index (χ2v) is 5.29. The number of hydrogen-bond acceptors (Lipinski definition) is 2. The molecule has 3 atom stereocenters. The van der Waals surface area contributed by atoms with E-state index in [1.807, 2.05) is 0 Å². The summed E-state index contributed by atoms with van der Waals surface area (Å²) in [4.78, 5) is 21.5. The zero-order valence-electron chi connectivity index (χ0n) is 9.26. The summed E-state index contributed by atoms with van der Waals surface area (Å²) < 4.78 is 0. The molecule has 16 heavy (non-hydrogen) atoms. The monoisotopic (exact) mass is 226 g/mol. The van der Waals surface area contributed by atoms with Gasteiger partial charge in [0, 0.05) is 12.8 Å². The summed E-state index contributed by atoms with van der Waals surface area (Å²) >= 11 is 0. The van der Waals surface area contributed by atoms with Crippen LogP contribution in [0.3, 0.4) is 0 Å². The summed E-state index contributed by atoms with van der Waals surface area (Å²) in [5.41, 5.74) is 0. The highest BCUT2D eigenvalue weighted by molar-refractivity contribution is 5.70. The fraction of sp³-hybridized carbons (Fsp3) is 0.833. The van der Waals surface area contributed by atoms with Crippen molar-refractivity contribution in [2.45, 2.75) is 38.5 Å². The molecule has 2 N–H and O–H groups in total. The minimum atomic E-state index is -0.867. The minimum Gasteiger partial charge on any atom is -0.481 e. The van der Waals surface area contributed by atoms with Crippen molar-refractivity contribution < 1.29 is 19.8 Å². The molecular formula is C12H18O4. The van der Waals surface area contributed by atoms with Gasteiger partial charge >= 0.3 is 11.9 Å². The van der Waals surface area contributed by atoms with Crippen molar-refractivity contribution >= 4 is 11.9 Å². The molecule has 0 radical (unpaired) electrons. The first kappa shape index (κ1) is 11.4. The Morgan fingerprint density at radius 3 is 2.06 bits per heavy atom. The van der Waals surface area contributed by atoms with E-state index >= 15 is 0 Å². The fourth-order valence-corrected chi connectivity index (χ4v) is 3.69. The molecule has 2 fully saturated rings. The number of carbonyl (C=O) groups is 2. The van der Waals surface area contributed by atoms with E-state index < -0.39 is 11.9 Å². The summed E-state index contributed by atoms with van der Waals surface area (Å²) in [6, 6.07) is 0. The first-order valence-corrected chi connectivity index (χ1v) is 6.00. The maximum atomic E-state index is 10.8. The number of aliphatic carboxylic acids is 2. The van der Waals surface area contributed by atoms with E-state index in [1.54, 1.807) is 0 Å². The molecule has 4 nitrogen and oxygen atoms in total. The Morgan fingerprint density at radius 1 is 1.06 bits per heavy atom. The van der Waals surface area contributed by atoms with Crippen molar-refractivity contribution in [2.24, 2.45) is 23.7 Å². The van der Waals surface area contributed by atoms with Gasteiger partial charge in [0.15, 0.2) is 0 Å². The van der Waals surface area contributed by atoms with E-state index in [-0.39, 0.29) is 18.8 Å². The normalized spacial score (nSPS) is 32.2. The largest absolute Gasteiger partial charge is 0.481 e. The second kappa shape index (κ2) is 4.44. The zero-order chi connectivity index (χ0) is 11.7. The van der Waals surface area contributed by atoms with Gasteiger partial charge in [-0.15, -0.1) is 0 Å². The van der Waals surface area contributed by atoms with Gasteiger partial charge < -0.3 is 10.2 Å². The van der Waals surface area contributed by atoms with Gasteiger partial charge in [-0.2, -0.15) is 0 Å². The van der Waals surface area contributed by atoms with Crippen LogP contribution in [0.5, 0.6) is 0 Å². The first-order valence-electron chi connectivity index (χ1n) is 6.00. The standard InChI is InChI=1S/C12H18O4/c13-11(14)5-9(6-12(15)16)10-4-7-1-2-8(10)3-7/h7-10H,1-6H2,(H,13,14)(H,15,16). The van der Waals surface area contributed by atoms with Gasteiger partial charge in [0.2, 0.25) is 0 Å². The molecule has 0 spiro atoms. The Balaban J connectivity index is 2.00. The minimum absolute atomic E-state index is 0.0141. The van der Waals surface area contributed by atoms with E-state index in [4.69, 9.17) is 10.2 Å². The lowest BCUT2D eigenvalue weighted by atomic mass is 9.76. The van der Waals surface area contributed by atoms with E-state index in [0.29, 0.717) is 11.8 Å². The Hall–Kier alpha value is -1.06. The summed E-state index contributed by atoms with van der Waals surface area (Å²) in [6.07, 6.45) is 4.70. The number of hydrogen-bond donors (Lipinski definition) is 2. The molecule has 2 aliphatic rings. The van der Waals surface area contributed by atoms with Crippen LogP contribution in [0.15, 0.2) is 0 Å². The van der Waals surface area contributed by atoms with E-state index in [1.165, 1.54) is 19.3 Å². The fourth-order valence-electron chi connectivity index (χ4n) is 3.69. The van der Waals surface area contributed by atoms with Crippen LogP contribution in [0.25, 0.3) is 0 Å². The molecule has 0 aromatic heterocycles. The molecule has 3 unspecified atom stereocenters. The van der Waals surface area contributed by atoms with Crippen LogP contribution in [0, 0.1) is 23.7 Å². The summed E-state index contributed by atoms with van der Waals surface area (Å²) in [5.74, 6) is -0.229. The molecular weight excluding hydrogens is 208 g/mol. The smallest absolute Gasteiger partial charge is 0.303 e. The maximum absolute atomic E-state index is 10.8. The van der Waals surface area contributed by atoms with Crippen LogP contribution in [-0.4, -0.2) is 22.2 Å². The highest BCUT2D eigenvalue weighted by Gasteiger charge is 2.43. The molecule has 2 aliphatic carbocycles. The van der Waals surface area contributed by atoms with Crippen LogP contribution in [0.2, 0.25) is 0 Å². The molecule has 0 saturated heterocycles. The SMILES string of the molecule is O=C(O)CC(CC(=O)O)C1CC2CCC1C2. The number of carboxylic acids is 2. The zero-order valence-corrected chi connectivity index (χ0v) is 9.26. The third-order valence-electron chi connectivity index (χ3n) is 4.27. The quantitative estimate of drug-likeness (QED) is 0.751. The van der Waals surface area contributed by atoms with Crippen LogP contribution >= 0.6 is 0 Å². The van der Waals surface area contributed by atoms with Crippen molar-refractivity contribution in [2.75, 3.05) is 0 Å². The molecule has 0 heterocycles.